The summed E-state index contributed by atoms with van der Waals surface area (Å²) < 4.78 is 41.3. The standard InChI is InChI=1S/C15H21NO7S/c1-7(2)13(18)16-6-9(17)21-11-10-12-15(5,23-24(10,19)20)8(3)14(11,4)22-12/h8,10-12H,1,6H2,2-5H3,(H,16,18). The monoisotopic (exact) mass is 359 g/mol. The second-order valence-corrected chi connectivity index (χ2v) is 8.74. The molecule has 3 rings (SSSR count). The van der Waals surface area contributed by atoms with Gasteiger partial charge in [0, 0.05) is 11.5 Å². The Labute approximate surface area is 140 Å². The Morgan fingerprint density at radius 1 is 1.29 bits per heavy atom. The predicted molar refractivity (Wildman–Crippen MR) is 82.3 cm³/mol. The van der Waals surface area contributed by atoms with Crippen molar-refractivity contribution >= 4 is 22.0 Å². The maximum atomic E-state index is 12.3. The number of hydrogen-bond donors (Lipinski definition) is 1. The second kappa shape index (κ2) is 5.03. The second-order valence-electron chi connectivity index (χ2n) is 7.04. The van der Waals surface area contributed by atoms with Gasteiger partial charge in [-0.1, -0.05) is 13.5 Å². The Kier molecular flexibility index (Phi) is 3.64. The Hall–Kier alpha value is -1.45. The highest BCUT2D eigenvalue weighted by Gasteiger charge is 2.80. The zero-order valence-electron chi connectivity index (χ0n) is 14.0. The van der Waals surface area contributed by atoms with Crippen LogP contribution in [0.2, 0.25) is 0 Å². The number of rotatable bonds is 4. The van der Waals surface area contributed by atoms with Gasteiger partial charge in [0.05, 0.1) is 0 Å². The third kappa shape index (κ3) is 2.14. The average molecular weight is 359 g/mol. The van der Waals surface area contributed by atoms with Crippen molar-refractivity contribution in [2.24, 2.45) is 5.92 Å². The van der Waals surface area contributed by atoms with Crippen molar-refractivity contribution in [1.29, 1.82) is 0 Å². The number of fused-ring (bicyclic) bond motifs is 1. The van der Waals surface area contributed by atoms with E-state index in [1.54, 1.807) is 13.8 Å². The minimum absolute atomic E-state index is 0.258. The van der Waals surface area contributed by atoms with Crippen LogP contribution in [0.3, 0.4) is 0 Å². The molecular weight excluding hydrogens is 338 g/mol. The molecule has 9 heteroatoms. The minimum Gasteiger partial charge on any atom is -0.456 e. The Bertz CT molecular complexity index is 732. The first-order valence-electron chi connectivity index (χ1n) is 7.69. The molecule has 3 saturated heterocycles. The van der Waals surface area contributed by atoms with Crippen LogP contribution in [0.5, 0.6) is 0 Å². The van der Waals surface area contributed by atoms with Gasteiger partial charge >= 0.3 is 5.97 Å². The lowest BCUT2D eigenvalue weighted by atomic mass is 9.70. The number of nitrogens with one attached hydrogen (secondary N) is 1. The lowest BCUT2D eigenvalue weighted by Crippen LogP contribution is -2.57. The van der Waals surface area contributed by atoms with E-state index in [1.165, 1.54) is 6.92 Å². The largest absolute Gasteiger partial charge is 0.456 e. The van der Waals surface area contributed by atoms with Gasteiger partial charge in [0.2, 0.25) is 5.91 Å². The van der Waals surface area contributed by atoms with Gasteiger partial charge in [-0.25, -0.2) is 0 Å². The van der Waals surface area contributed by atoms with Crippen molar-refractivity contribution in [3.05, 3.63) is 12.2 Å². The molecule has 1 amide bonds. The molecule has 6 atom stereocenters. The summed E-state index contributed by atoms with van der Waals surface area (Å²) in [6.45, 7) is 9.85. The highest BCUT2D eigenvalue weighted by atomic mass is 32.2. The Morgan fingerprint density at radius 3 is 2.50 bits per heavy atom. The lowest BCUT2D eigenvalue weighted by molar-refractivity contribution is -0.159. The van der Waals surface area contributed by atoms with Crippen molar-refractivity contribution < 1.29 is 31.7 Å². The average Bonchev–Trinajstić information content (AvgIpc) is 2.93. The molecule has 3 heterocycles. The quantitative estimate of drug-likeness (QED) is 0.424. The fraction of sp³-hybridized carbons (Fsp3) is 0.733. The molecule has 0 aromatic carbocycles. The fourth-order valence-electron chi connectivity index (χ4n) is 3.90. The molecule has 0 radical (unpaired) electrons. The number of hydrogen-bond acceptors (Lipinski definition) is 7. The molecule has 134 valence electrons. The number of amides is 1. The molecule has 3 aliphatic rings. The summed E-state index contributed by atoms with van der Waals surface area (Å²) in [4.78, 5) is 23.5. The maximum Gasteiger partial charge on any atom is 0.325 e. The third-order valence-electron chi connectivity index (χ3n) is 5.50. The SMILES string of the molecule is C=C(C)C(=O)NCC(=O)OC1C2C3OC1(C)C(C)C3(C)OS2(=O)=O. The number of carbonyl (C=O) groups is 2. The van der Waals surface area contributed by atoms with Crippen LogP contribution in [0.4, 0.5) is 0 Å². The van der Waals surface area contributed by atoms with E-state index in [4.69, 9.17) is 13.7 Å². The number of carbonyl (C=O) groups excluding carboxylic acids is 2. The molecule has 0 aromatic heterocycles. The van der Waals surface area contributed by atoms with E-state index in [-0.39, 0.29) is 18.0 Å². The van der Waals surface area contributed by atoms with Crippen molar-refractivity contribution in [1.82, 2.24) is 5.32 Å². The third-order valence-corrected chi connectivity index (χ3v) is 7.25. The summed E-state index contributed by atoms with van der Waals surface area (Å²) >= 11 is 0. The highest BCUT2D eigenvalue weighted by molar-refractivity contribution is 7.87. The van der Waals surface area contributed by atoms with Crippen LogP contribution in [0.15, 0.2) is 12.2 Å². The van der Waals surface area contributed by atoms with Crippen molar-refractivity contribution in [3.8, 4) is 0 Å². The summed E-state index contributed by atoms with van der Waals surface area (Å²) in [6, 6.07) is 0. The van der Waals surface area contributed by atoms with Crippen molar-refractivity contribution in [2.45, 2.75) is 56.4 Å². The van der Waals surface area contributed by atoms with Gasteiger partial charge in [-0.3, -0.25) is 13.8 Å². The topological polar surface area (TPSA) is 108 Å². The normalized spacial score (nSPS) is 44.3. The van der Waals surface area contributed by atoms with Gasteiger partial charge < -0.3 is 14.8 Å². The maximum absolute atomic E-state index is 12.3. The first kappa shape index (κ1) is 17.4. The van der Waals surface area contributed by atoms with E-state index >= 15 is 0 Å². The molecule has 24 heavy (non-hydrogen) atoms. The van der Waals surface area contributed by atoms with Crippen molar-refractivity contribution in [2.75, 3.05) is 6.54 Å². The van der Waals surface area contributed by atoms with E-state index in [0.29, 0.717) is 0 Å². The molecule has 6 unspecified atom stereocenters. The number of esters is 1. The zero-order chi connectivity index (χ0) is 18.1. The van der Waals surface area contributed by atoms with Gasteiger partial charge in [0.1, 0.15) is 23.9 Å². The molecule has 0 aromatic rings. The fourth-order valence-corrected chi connectivity index (χ4v) is 6.01. The van der Waals surface area contributed by atoms with Gasteiger partial charge in [0.15, 0.2) is 11.4 Å². The molecule has 8 nitrogen and oxygen atoms in total. The van der Waals surface area contributed by atoms with Gasteiger partial charge in [-0.15, -0.1) is 0 Å². The van der Waals surface area contributed by atoms with Crippen LogP contribution in [-0.4, -0.2) is 55.5 Å². The Morgan fingerprint density at radius 2 is 1.92 bits per heavy atom. The highest BCUT2D eigenvalue weighted by Crippen LogP contribution is 2.61. The molecule has 2 bridgehead atoms. The first-order valence-corrected chi connectivity index (χ1v) is 9.16. The van der Waals surface area contributed by atoms with Gasteiger partial charge in [-0.2, -0.15) is 8.42 Å². The molecule has 0 spiro atoms. The van der Waals surface area contributed by atoms with Crippen molar-refractivity contribution in [3.63, 3.8) is 0 Å². The predicted octanol–water partition coefficient (Wildman–Crippen LogP) is -0.115. The molecule has 0 saturated carbocycles. The van der Waals surface area contributed by atoms with Gasteiger partial charge in [-0.05, 0) is 20.8 Å². The summed E-state index contributed by atoms with van der Waals surface area (Å²) in [5, 5.41) is 1.31. The molecule has 3 fully saturated rings. The van der Waals surface area contributed by atoms with Crippen LogP contribution >= 0.6 is 0 Å². The zero-order valence-corrected chi connectivity index (χ0v) is 14.8. The van der Waals surface area contributed by atoms with E-state index in [9.17, 15) is 18.0 Å². The Balaban J connectivity index is 1.78. The van der Waals surface area contributed by atoms with E-state index in [1.807, 2.05) is 6.92 Å². The van der Waals surface area contributed by atoms with E-state index in [2.05, 4.69) is 11.9 Å². The van der Waals surface area contributed by atoms with E-state index in [0.717, 1.165) is 0 Å². The van der Waals surface area contributed by atoms with Crippen LogP contribution in [0.1, 0.15) is 27.7 Å². The first-order chi connectivity index (χ1) is 10.9. The van der Waals surface area contributed by atoms with Crippen LogP contribution < -0.4 is 5.32 Å². The van der Waals surface area contributed by atoms with Crippen LogP contribution in [-0.2, 0) is 33.4 Å². The molecule has 1 N–H and O–H groups in total. The summed E-state index contributed by atoms with van der Waals surface area (Å²) in [7, 11) is -3.90. The van der Waals surface area contributed by atoms with Crippen LogP contribution in [0.25, 0.3) is 0 Å². The minimum atomic E-state index is -3.90. The summed E-state index contributed by atoms with van der Waals surface area (Å²) in [6.07, 6.45) is -1.65. The molecular formula is C15H21NO7S. The van der Waals surface area contributed by atoms with Gasteiger partial charge in [0.25, 0.3) is 10.1 Å². The van der Waals surface area contributed by atoms with Crippen LogP contribution in [0, 0.1) is 5.92 Å². The smallest absolute Gasteiger partial charge is 0.325 e. The lowest BCUT2D eigenvalue weighted by Gasteiger charge is -2.38. The summed E-state index contributed by atoms with van der Waals surface area (Å²) in [5.74, 6) is -1.49. The summed E-state index contributed by atoms with van der Waals surface area (Å²) in [5.41, 5.74) is -1.65. The molecule has 3 aliphatic heterocycles. The molecule has 0 aliphatic carbocycles. The van der Waals surface area contributed by atoms with E-state index < -0.39 is 50.7 Å². The number of ether oxygens (including phenoxy) is 2.